The van der Waals surface area contributed by atoms with E-state index in [9.17, 15) is 14.4 Å². The topological polar surface area (TPSA) is 84.9 Å². The number of Topliss-reactive ketones (excluding diaryl/α,β-unsaturated/α-hetero) is 1. The third-order valence-corrected chi connectivity index (χ3v) is 3.41. The van der Waals surface area contributed by atoms with E-state index in [2.05, 4.69) is 10.1 Å². The summed E-state index contributed by atoms with van der Waals surface area (Å²) in [5.74, 6) is 0.156. The number of nitrogens with zero attached hydrogens (tertiary/aromatic N) is 1. The molecule has 1 N–H and O–H groups in total. The molecule has 0 aliphatic rings. The molecule has 1 rings (SSSR count). The number of alkyl carbamates (subject to hydrolysis) is 1. The third-order valence-electron chi connectivity index (χ3n) is 3.41. The molecule has 0 spiro atoms. The Morgan fingerprint density at radius 3 is 2.46 bits per heavy atom. The number of amides is 2. The maximum Gasteiger partial charge on any atom is 0.413 e. The Morgan fingerprint density at radius 1 is 1.21 bits per heavy atom. The van der Waals surface area contributed by atoms with Crippen LogP contribution in [0.5, 0.6) is 5.75 Å². The van der Waals surface area contributed by atoms with Crippen molar-refractivity contribution in [1.82, 2.24) is 10.2 Å². The zero-order valence-corrected chi connectivity index (χ0v) is 14.5. The Kier molecular flexibility index (Phi) is 7.91. The van der Waals surface area contributed by atoms with E-state index in [1.165, 1.54) is 6.92 Å². The lowest BCUT2D eigenvalue weighted by Gasteiger charge is -2.21. The van der Waals surface area contributed by atoms with Crippen LogP contribution in [-0.2, 0) is 16.1 Å². The number of methoxy groups -OCH3 is 1. The highest BCUT2D eigenvalue weighted by Crippen LogP contribution is 2.22. The Hall–Kier alpha value is -2.41. The van der Waals surface area contributed by atoms with Gasteiger partial charge in [-0.15, -0.1) is 0 Å². The molecule has 0 heterocycles. The number of benzene rings is 1. The first-order chi connectivity index (χ1) is 11.4. The normalized spacial score (nSPS) is 10.4. The van der Waals surface area contributed by atoms with Crippen molar-refractivity contribution in [1.29, 1.82) is 0 Å². The van der Waals surface area contributed by atoms with Crippen molar-refractivity contribution in [2.24, 2.45) is 0 Å². The quantitative estimate of drug-likeness (QED) is 0.731. The standard InChI is InChI=1S/C17H24N2O5/c1-5-19(11-16(21)18-17(22)24-6-2)10-14-9-13(12(3)20)7-8-15(14)23-4/h7-9H,5-6,10-11H2,1-4H3,(H,18,21,22). The number of likely N-dealkylation sites (N-methyl/N-ethyl adjacent to an activating group) is 1. The number of ether oxygens (including phenoxy) is 2. The van der Waals surface area contributed by atoms with E-state index in [1.807, 2.05) is 11.8 Å². The van der Waals surface area contributed by atoms with E-state index in [4.69, 9.17) is 4.74 Å². The van der Waals surface area contributed by atoms with Crippen molar-refractivity contribution in [3.63, 3.8) is 0 Å². The molecule has 7 nitrogen and oxygen atoms in total. The number of imide groups is 1. The smallest absolute Gasteiger partial charge is 0.413 e. The average molecular weight is 336 g/mol. The second-order valence-corrected chi connectivity index (χ2v) is 5.15. The molecular weight excluding hydrogens is 312 g/mol. The lowest BCUT2D eigenvalue weighted by molar-refractivity contribution is -0.121. The van der Waals surface area contributed by atoms with Crippen LogP contribution in [0, 0.1) is 0 Å². The first-order valence-corrected chi connectivity index (χ1v) is 7.78. The molecule has 0 aliphatic carbocycles. The fourth-order valence-electron chi connectivity index (χ4n) is 2.17. The fourth-order valence-corrected chi connectivity index (χ4v) is 2.17. The van der Waals surface area contributed by atoms with Crippen molar-refractivity contribution in [2.75, 3.05) is 26.8 Å². The monoisotopic (exact) mass is 336 g/mol. The second kappa shape index (κ2) is 9.67. The largest absolute Gasteiger partial charge is 0.496 e. The van der Waals surface area contributed by atoms with Gasteiger partial charge in [0, 0.05) is 17.7 Å². The second-order valence-electron chi connectivity index (χ2n) is 5.15. The molecule has 0 unspecified atom stereocenters. The molecule has 0 saturated heterocycles. The minimum atomic E-state index is -0.755. The average Bonchev–Trinajstić information content (AvgIpc) is 2.53. The Bertz CT molecular complexity index is 601. The highest BCUT2D eigenvalue weighted by molar-refractivity contribution is 5.94. The number of ketones is 1. The van der Waals surface area contributed by atoms with Crippen molar-refractivity contribution >= 4 is 17.8 Å². The first-order valence-electron chi connectivity index (χ1n) is 7.78. The summed E-state index contributed by atoms with van der Waals surface area (Å²) in [4.78, 5) is 36.5. The molecule has 0 aliphatic heterocycles. The summed E-state index contributed by atoms with van der Waals surface area (Å²) in [5.41, 5.74) is 1.38. The molecule has 2 amide bonds. The molecule has 0 bridgehead atoms. The Morgan fingerprint density at radius 2 is 1.92 bits per heavy atom. The summed E-state index contributed by atoms with van der Waals surface area (Å²) in [5, 5.41) is 2.16. The Labute approximate surface area is 141 Å². The summed E-state index contributed by atoms with van der Waals surface area (Å²) in [7, 11) is 1.55. The summed E-state index contributed by atoms with van der Waals surface area (Å²) < 4.78 is 9.99. The molecule has 0 aromatic heterocycles. The van der Waals surface area contributed by atoms with Gasteiger partial charge in [0.25, 0.3) is 0 Å². The highest BCUT2D eigenvalue weighted by atomic mass is 16.5. The number of carbonyl (C=O) groups is 3. The van der Waals surface area contributed by atoms with Crippen LogP contribution in [0.25, 0.3) is 0 Å². The van der Waals surface area contributed by atoms with Crippen molar-refractivity contribution in [2.45, 2.75) is 27.3 Å². The number of hydrogen-bond acceptors (Lipinski definition) is 6. The van der Waals surface area contributed by atoms with Gasteiger partial charge in [-0.2, -0.15) is 0 Å². The number of rotatable bonds is 8. The fraction of sp³-hybridized carbons (Fsp3) is 0.471. The SMILES string of the molecule is CCOC(=O)NC(=O)CN(CC)Cc1cc(C(C)=O)ccc1OC. The zero-order valence-electron chi connectivity index (χ0n) is 14.5. The highest BCUT2D eigenvalue weighted by Gasteiger charge is 2.15. The van der Waals surface area contributed by atoms with Gasteiger partial charge in [-0.25, -0.2) is 4.79 Å². The predicted molar refractivity (Wildman–Crippen MR) is 89.1 cm³/mol. The van der Waals surface area contributed by atoms with Gasteiger partial charge in [0.15, 0.2) is 5.78 Å². The van der Waals surface area contributed by atoms with Crippen molar-refractivity contribution in [3.05, 3.63) is 29.3 Å². The zero-order chi connectivity index (χ0) is 18.1. The van der Waals surface area contributed by atoms with Gasteiger partial charge in [-0.05, 0) is 38.6 Å². The van der Waals surface area contributed by atoms with Gasteiger partial charge in [-0.3, -0.25) is 19.8 Å². The minimum Gasteiger partial charge on any atom is -0.496 e. The van der Waals surface area contributed by atoms with Crippen LogP contribution in [0.15, 0.2) is 18.2 Å². The summed E-state index contributed by atoms with van der Waals surface area (Å²) in [6.45, 7) is 6.29. The van der Waals surface area contributed by atoms with Crippen LogP contribution >= 0.6 is 0 Å². The van der Waals surface area contributed by atoms with Crippen LogP contribution in [0.1, 0.15) is 36.7 Å². The van der Waals surface area contributed by atoms with E-state index in [0.717, 1.165) is 5.56 Å². The van der Waals surface area contributed by atoms with E-state index < -0.39 is 12.0 Å². The molecule has 0 radical (unpaired) electrons. The molecule has 1 aromatic carbocycles. The lowest BCUT2D eigenvalue weighted by atomic mass is 10.1. The molecule has 7 heteroatoms. The maximum atomic E-state index is 11.9. The van der Waals surface area contributed by atoms with E-state index in [1.54, 1.807) is 32.2 Å². The number of hydrogen-bond donors (Lipinski definition) is 1. The molecule has 132 valence electrons. The molecule has 0 atom stereocenters. The summed E-state index contributed by atoms with van der Waals surface area (Å²) in [6.07, 6.45) is -0.755. The Balaban J connectivity index is 2.80. The number of nitrogens with one attached hydrogen (secondary N) is 1. The van der Waals surface area contributed by atoms with Gasteiger partial charge in [0.05, 0.1) is 20.3 Å². The van der Waals surface area contributed by atoms with Gasteiger partial charge in [0.2, 0.25) is 5.91 Å². The summed E-state index contributed by atoms with van der Waals surface area (Å²) in [6, 6.07) is 5.19. The van der Waals surface area contributed by atoms with E-state index in [-0.39, 0.29) is 18.9 Å². The van der Waals surface area contributed by atoms with Gasteiger partial charge in [0.1, 0.15) is 5.75 Å². The molecule has 1 aromatic rings. The van der Waals surface area contributed by atoms with E-state index in [0.29, 0.717) is 24.4 Å². The molecule has 0 fully saturated rings. The van der Waals surface area contributed by atoms with Crippen LogP contribution in [0.4, 0.5) is 4.79 Å². The first kappa shape index (κ1) is 19.6. The van der Waals surface area contributed by atoms with Crippen LogP contribution in [0.3, 0.4) is 0 Å². The van der Waals surface area contributed by atoms with Crippen LogP contribution in [-0.4, -0.2) is 49.5 Å². The molecule has 0 saturated carbocycles. The molecule has 24 heavy (non-hydrogen) atoms. The predicted octanol–water partition coefficient (Wildman–Crippen LogP) is 1.99. The van der Waals surface area contributed by atoms with Crippen molar-refractivity contribution < 1.29 is 23.9 Å². The lowest BCUT2D eigenvalue weighted by Crippen LogP contribution is -2.40. The van der Waals surface area contributed by atoms with Gasteiger partial charge < -0.3 is 9.47 Å². The number of carbonyl (C=O) groups excluding carboxylic acids is 3. The van der Waals surface area contributed by atoms with Crippen LogP contribution < -0.4 is 10.1 Å². The maximum absolute atomic E-state index is 11.9. The van der Waals surface area contributed by atoms with E-state index >= 15 is 0 Å². The summed E-state index contributed by atoms with van der Waals surface area (Å²) >= 11 is 0. The minimum absolute atomic E-state index is 0.0305. The van der Waals surface area contributed by atoms with Gasteiger partial charge >= 0.3 is 6.09 Å². The molecular formula is C17H24N2O5. The van der Waals surface area contributed by atoms with Crippen LogP contribution in [0.2, 0.25) is 0 Å². The van der Waals surface area contributed by atoms with Crippen molar-refractivity contribution in [3.8, 4) is 5.75 Å². The third kappa shape index (κ3) is 6.00. The van der Waals surface area contributed by atoms with Gasteiger partial charge in [-0.1, -0.05) is 6.92 Å².